The lowest BCUT2D eigenvalue weighted by atomic mass is 10.2. The van der Waals surface area contributed by atoms with Gasteiger partial charge in [0.15, 0.2) is 0 Å². The zero-order valence-corrected chi connectivity index (χ0v) is 12.6. The second-order valence-electron chi connectivity index (χ2n) is 4.76. The van der Waals surface area contributed by atoms with Crippen LogP contribution in [0.5, 0.6) is 5.75 Å². The largest absolute Gasteiger partial charge is 0.494 e. The Morgan fingerprint density at radius 2 is 1.90 bits per heavy atom. The van der Waals surface area contributed by atoms with E-state index < -0.39 is 0 Å². The van der Waals surface area contributed by atoms with Crippen molar-refractivity contribution < 1.29 is 9.53 Å². The first-order chi connectivity index (χ1) is 9.76. The number of likely N-dealkylation sites (N-methyl/N-ethyl adjacent to an activating group) is 1. The molecule has 0 fully saturated rings. The SMILES string of the molecule is CCCCCOc1ccc(CNCC(=O)NCC)cc1. The Morgan fingerprint density at radius 3 is 2.55 bits per heavy atom. The third-order valence-electron chi connectivity index (χ3n) is 2.93. The molecule has 1 amide bonds. The highest BCUT2D eigenvalue weighted by Crippen LogP contribution is 2.12. The Morgan fingerprint density at radius 1 is 1.15 bits per heavy atom. The van der Waals surface area contributed by atoms with Crippen LogP contribution in [0.15, 0.2) is 24.3 Å². The summed E-state index contributed by atoms with van der Waals surface area (Å²) in [5, 5.41) is 5.87. The Hall–Kier alpha value is -1.55. The van der Waals surface area contributed by atoms with Gasteiger partial charge in [-0.05, 0) is 31.0 Å². The molecule has 0 radical (unpaired) electrons. The average Bonchev–Trinajstić information content (AvgIpc) is 2.45. The number of hydrogen-bond donors (Lipinski definition) is 2. The van der Waals surface area contributed by atoms with Gasteiger partial charge in [-0.15, -0.1) is 0 Å². The number of hydrogen-bond acceptors (Lipinski definition) is 3. The van der Waals surface area contributed by atoms with Crippen LogP contribution in [-0.4, -0.2) is 25.6 Å². The Kier molecular flexibility index (Phi) is 8.47. The lowest BCUT2D eigenvalue weighted by Gasteiger charge is -2.08. The third kappa shape index (κ3) is 7.14. The first-order valence-corrected chi connectivity index (χ1v) is 7.45. The van der Waals surface area contributed by atoms with Crippen LogP contribution >= 0.6 is 0 Å². The summed E-state index contributed by atoms with van der Waals surface area (Å²) >= 11 is 0. The molecule has 4 nitrogen and oxygen atoms in total. The normalized spacial score (nSPS) is 10.3. The second-order valence-corrected chi connectivity index (χ2v) is 4.76. The van der Waals surface area contributed by atoms with Crippen molar-refractivity contribution in [2.24, 2.45) is 0 Å². The molecule has 0 aliphatic rings. The van der Waals surface area contributed by atoms with E-state index in [1.54, 1.807) is 0 Å². The van der Waals surface area contributed by atoms with Crippen LogP contribution in [-0.2, 0) is 11.3 Å². The van der Waals surface area contributed by atoms with Gasteiger partial charge >= 0.3 is 0 Å². The van der Waals surface area contributed by atoms with Crippen LogP contribution in [0.3, 0.4) is 0 Å². The average molecular weight is 278 g/mol. The van der Waals surface area contributed by atoms with Gasteiger partial charge in [0.25, 0.3) is 0 Å². The van der Waals surface area contributed by atoms with Crippen LogP contribution in [0.2, 0.25) is 0 Å². The van der Waals surface area contributed by atoms with Gasteiger partial charge < -0.3 is 15.4 Å². The van der Waals surface area contributed by atoms with Gasteiger partial charge in [0.2, 0.25) is 5.91 Å². The maximum atomic E-state index is 11.3. The van der Waals surface area contributed by atoms with Gasteiger partial charge in [0.05, 0.1) is 13.2 Å². The van der Waals surface area contributed by atoms with E-state index in [1.165, 1.54) is 12.8 Å². The van der Waals surface area contributed by atoms with E-state index in [9.17, 15) is 4.79 Å². The maximum Gasteiger partial charge on any atom is 0.233 e. The molecule has 0 atom stereocenters. The zero-order valence-electron chi connectivity index (χ0n) is 12.6. The highest BCUT2D eigenvalue weighted by atomic mass is 16.5. The molecule has 20 heavy (non-hydrogen) atoms. The lowest BCUT2D eigenvalue weighted by molar-refractivity contribution is -0.120. The zero-order chi connectivity index (χ0) is 14.6. The van der Waals surface area contributed by atoms with E-state index in [-0.39, 0.29) is 5.91 Å². The molecular formula is C16H26N2O2. The minimum absolute atomic E-state index is 0.0309. The molecule has 0 aliphatic carbocycles. The highest BCUT2D eigenvalue weighted by molar-refractivity contribution is 5.77. The lowest BCUT2D eigenvalue weighted by Crippen LogP contribution is -2.33. The first-order valence-electron chi connectivity index (χ1n) is 7.45. The molecule has 0 saturated heterocycles. The van der Waals surface area contributed by atoms with Gasteiger partial charge in [-0.3, -0.25) is 4.79 Å². The highest BCUT2D eigenvalue weighted by Gasteiger charge is 1.99. The predicted octanol–water partition coefficient (Wildman–Crippen LogP) is 2.48. The molecular weight excluding hydrogens is 252 g/mol. The fraction of sp³-hybridized carbons (Fsp3) is 0.562. The fourth-order valence-electron chi connectivity index (χ4n) is 1.83. The molecule has 0 aromatic heterocycles. The molecule has 1 aromatic carbocycles. The summed E-state index contributed by atoms with van der Waals surface area (Å²) in [7, 11) is 0. The third-order valence-corrected chi connectivity index (χ3v) is 2.93. The van der Waals surface area contributed by atoms with Gasteiger partial charge in [0, 0.05) is 13.1 Å². The monoisotopic (exact) mass is 278 g/mol. The number of benzene rings is 1. The summed E-state index contributed by atoms with van der Waals surface area (Å²) in [6, 6.07) is 8.02. The minimum Gasteiger partial charge on any atom is -0.494 e. The van der Waals surface area contributed by atoms with Gasteiger partial charge in [-0.25, -0.2) is 0 Å². The van der Waals surface area contributed by atoms with Crippen LogP contribution in [0.25, 0.3) is 0 Å². The van der Waals surface area contributed by atoms with Crippen molar-refractivity contribution in [3.05, 3.63) is 29.8 Å². The number of unbranched alkanes of at least 4 members (excludes halogenated alkanes) is 2. The van der Waals surface area contributed by atoms with Crippen molar-refractivity contribution in [3.63, 3.8) is 0 Å². The smallest absolute Gasteiger partial charge is 0.233 e. The molecule has 2 N–H and O–H groups in total. The van der Waals surface area contributed by atoms with Crippen LogP contribution in [0, 0.1) is 0 Å². The number of amides is 1. The Labute approximate surface area is 121 Å². The second kappa shape index (κ2) is 10.3. The van der Waals surface area contributed by atoms with Crippen molar-refractivity contribution in [3.8, 4) is 5.75 Å². The van der Waals surface area contributed by atoms with Crippen molar-refractivity contribution in [2.75, 3.05) is 19.7 Å². The van der Waals surface area contributed by atoms with Gasteiger partial charge in [-0.1, -0.05) is 31.9 Å². The van der Waals surface area contributed by atoms with Gasteiger partial charge in [0.1, 0.15) is 5.75 Å². The van der Waals surface area contributed by atoms with Crippen molar-refractivity contribution in [1.82, 2.24) is 10.6 Å². The number of ether oxygens (including phenoxy) is 1. The predicted molar refractivity (Wildman–Crippen MR) is 81.9 cm³/mol. The number of carbonyl (C=O) groups excluding carboxylic acids is 1. The molecule has 0 saturated carbocycles. The summed E-state index contributed by atoms with van der Waals surface area (Å²) in [4.78, 5) is 11.3. The summed E-state index contributed by atoms with van der Waals surface area (Å²) < 4.78 is 5.65. The molecule has 1 aromatic rings. The quantitative estimate of drug-likeness (QED) is 0.646. The van der Waals surface area contributed by atoms with Gasteiger partial charge in [-0.2, -0.15) is 0 Å². The minimum atomic E-state index is 0.0309. The van der Waals surface area contributed by atoms with E-state index >= 15 is 0 Å². The van der Waals surface area contributed by atoms with Crippen molar-refractivity contribution in [1.29, 1.82) is 0 Å². The van der Waals surface area contributed by atoms with Crippen LogP contribution in [0.4, 0.5) is 0 Å². The summed E-state index contributed by atoms with van der Waals surface area (Å²) in [6.45, 7) is 6.59. The molecule has 1 rings (SSSR count). The van der Waals surface area contributed by atoms with Crippen LogP contribution < -0.4 is 15.4 Å². The van der Waals surface area contributed by atoms with E-state index in [0.717, 1.165) is 24.3 Å². The van der Waals surface area contributed by atoms with E-state index in [2.05, 4.69) is 17.6 Å². The molecule has 0 heterocycles. The van der Waals surface area contributed by atoms with Crippen molar-refractivity contribution >= 4 is 5.91 Å². The first kappa shape index (κ1) is 16.5. The number of nitrogens with one attached hydrogen (secondary N) is 2. The summed E-state index contributed by atoms with van der Waals surface area (Å²) in [5.41, 5.74) is 1.15. The maximum absolute atomic E-state index is 11.3. The molecule has 112 valence electrons. The Balaban J connectivity index is 2.23. The molecule has 4 heteroatoms. The molecule has 0 bridgehead atoms. The van der Waals surface area contributed by atoms with Crippen molar-refractivity contribution in [2.45, 2.75) is 39.7 Å². The van der Waals surface area contributed by atoms with Crippen LogP contribution in [0.1, 0.15) is 38.7 Å². The molecule has 0 unspecified atom stereocenters. The van der Waals surface area contributed by atoms with E-state index in [1.807, 2.05) is 31.2 Å². The summed E-state index contributed by atoms with van der Waals surface area (Å²) in [5.74, 6) is 0.942. The standard InChI is InChI=1S/C16H26N2O2/c1-3-5-6-11-20-15-9-7-14(8-10-15)12-17-13-16(19)18-4-2/h7-10,17H,3-6,11-13H2,1-2H3,(H,18,19). The molecule has 0 aliphatic heterocycles. The topological polar surface area (TPSA) is 50.4 Å². The Bertz CT molecular complexity index is 377. The van der Waals surface area contributed by atoms with E-state index in [4.69, 9.17) is 4.74 Å². The summed E-state index contributed by atoms with van der Waals surface area (Å²) in [6.07, 6.45) is 3.52. The molecule has 0 spiro atoms. The number of carbonyl (C=O) groups is 1. The van der Waals surface area contributed by atoms with E-state index in [0.29, 0.717) is 19.6 Å². The number of rotatable bonds is 10. The fourth-order valence-corrected chi connectivity index (χ4v) is 1.83.